The van der Waals surface area contributed by atoms with E-state index in [2.05, 4.69) is 5.32 Å². The van der Waals surface area contributed by atoms with Gasteiger partial charge in [-0.25, -0.2) is 0 Å². The van der Waals surface area contributed by atoms with Gasteiger partial charge >= 0.3 is 0 Å². The predicted molar refractivity (Wildman–Crippen MR) is 50.9 cm³/mol. The third-order valence-corrected chi connectivity index (χ3v) is 3.63. The molecule has 0 aromatic carbocycles. The Morgan fingerprint density at radius 2 is 2.17 bits per heavy atom. The summed E-state index contributed by atoms with van der Waals surface area (Å²) in [6, 6.07) is 0.843. The average Bonchev–Trinajstić information content (AvgIpc) is 2.53. The van der Waals surface area contributed by atoms with Crippen LogP contribution in [0.15, 0.2) is 0 Å². The minimum absolute atomic E-state index is 0.843. The van der Waals surface area contributed by atoms with Crippen molar-refractivity contribution in [1.29, 1.82) is 0 Å². The Labute approximate surface area is 74.9 Å². The minimum atomic E-state index is 0.843. The smallest absolute Gasteiger partial charge is 0.00984 e. The number of nitrogens with two attached hydrogens (primary N) is 1. The molecule has 1 heterocycles. The van der Waals surface area contributed by atoms with Crippen LogP contribution in [0.25, 0.3) is 0 Å². The quantitative estimate of drug-likeness (QED) is 0.648. The number of hydrogen-bond acceptors (Lipinski definition) is 2. The zero-order chi connectivity index (χ0) is 8.39. The van der Waals surface area contributed by atoms with Gasteiger partial charge in [0.25, 0.3) is 0 Å². The number of rotatable bonds is 2. The molecule has 2 aliphatic rings. The lowest BCUT2D eigenvalue weighted by molar-refractivity contribution is 0.210. The first-order valence-electron chi connectivity index (χ1n) is 5.35. The number of fused-ring (bicyclic) bond motifs is 1. The highest BCUT2D eigenvalue weighted by Gasteiger charge is 2.35. The zero-order valence-corrected chi connectivity index (χ0v) is 7.76. The molecule has 12 heavy (non-hydrogen) atoms. The summed E-state index contributed by atoms with van der Waals surface area (Å²) >= 11 is 0. The molecule has 1 saturated carbocycles. The molecule has 2 rings (SSSR count). The molecule has 1 saturated heterocycles. The third-order valence-electron chi connectivity index (χ3n) is 3.63. The highest BCUT2D eigenvalue weighted by molar-refractivity contribution is 4.91. The SMILES string of the molecule is NCCC1CCCC2NCCC12. The minimum Gasteiger partial charge on any atom is -0.330 e. The van der Waals surface area contributed by atoms with Crippen molar-refractivity contribution in [2.24, 2.45) is 17.6 Å². The molecular weight excluding hydrogens is 148 g/mol. The first-order valence-corrected chi connectivity index (χ1v) is 5.35. The Hall–Kier alpha value is -0.0800. The van der Waals surface area contributed by atoms with Gasteiger partial charge in [0.2, 0.25) is 0 Å². The second kappa shape index (κ2) is 3.75. The fourth-order valence-corrected chi connectivity index (χ4v) is 3.05. The van der Waals surface area contributed by atoms with E-state index in [1.54, 1.807) is 0 Å². The number of hydrogen-bond donors (Lipinski definition) is 2. The molecule has 0 aromatic heterocycles. The Bertz CT molecular complexity index is 145. The van der Waals surface area contributed by atoms with Crippen molar-refractivity contribution < 1.29 is 0 Å². The standard InChI is InChI=1S/C10H20N2/c11-6-4-8-2-1-3-10-9(8)5-7-12-10/h8-10,12H,1-7,11H2. The molecule has 0 spiro atoms. The topological polar surface area (TPSA) is 38.0 Å². The summed E-state index contributed by atoms with van der Waals surface area (Å²) in [4.78, 5) is 0. The molecule has 2 nitrogen and oxygen atoms in total. The van der Waals surface area contributed by atoms with Crippen molar-refractivity contribution in [3.05, 3.63) is 0 Å². The molecule has 70 valence electrons. The lowest BCUT2D eigenvalue weighted by Gasteiger charge is -2.33. The molecule has 3 unspecified atom stereocenters. The lowest BCUT2D eigenvalue weighted by Crippen LogP contribution is -2.35. The van der Waals surface area contributed by atoms with Gasteiger partial charge in [-0.2, -0.15) is 0 Å². The largest absolute Gasteiger partial charge is 0.330 e. The van der Waals surface area contributed by atoms with Crippen molar-refractivity contribution >= 4 is 0 Å². The summed E-state index contributed by atoms with van der Waals surface area (Å²) < 4.78 is 0. The zero-order valence-electron chi connectivity index (χ0n) is 7.76. The molecule has 0 amide bonds. The van der Waals surface area contributed by atoms with Crippen LogP contribution < -0.4 is 11.1 Å². The van der Waals surface area contributed by atoms with Crippen LogP contribution in [0.2, 0.25) is 0 Å². The Morgan fingerprint density at radius 1 is 1.25 bits per heavy atom. The summed E-state index contributed by atoms with van der Waals surface area (Å²) in [6.07, 6.45) is 6.91. The van der Waals surface area contributed by atoms with E-state index in [-0.39, 0.29) is 0 Å². The summed E-state index contributed by atoms with van der Waals surface area (Å²) in [5.41, 5.74) is 5.62. The van der Waals surface area contributed by atoms with Crippen LogP contribution in [-0.4, -0.2) is 19.1 Å². The monoisotopic (exact) mass is 168 g/mol. The lowest BCUT2D eigenvalue weighted by atomic mass is 9.75. The van der Waals surface area contributed by atoms with Crippen LogP contribution in [-0.2, 0) is 0 Å². The Morgan fingerprint density at radius 3 is 3.00 bits per heavy atom. The molecule has 2 heteroatoms. The van der Waals surface area contributed by atoms with E-state index in [1.165, 1.54) is 38.6 Å². The summed E-state index contributed by atoms with van der Waals surface area (Å²) in [6.45, 7) is 2.13. The van der Waals surface area contributed by atoms with E-state index >= 15 is 0 Å². The molecular formula is C10H20N2. The van der Waals surface area contributed by atoms with E-state index in [0.29, 0.717) is 0 Å². The second-order valence-electron chi connectivity index (χ2n) is 4.28. The molecule has 0 aromatic rings. The van der Waals surface area contributed by atoms with Gasteiger partial charge in [-0.05, 0) is 44.2 Å². The van der Waals surface area contributed by atoms with Crippen LogP contribution in [0.1, 0.15) is 32.1 Å². The van der Waals surface area contributed by atoms with Gasteiger partial charge in [0.1, 0.15) is 0 Å². The highest BCUT2D eigenvalue weighted by Crippen LogP contribution is 2.36. The van der Waals surface area contributed by atoms with Crippen LogP contribution in [0, 0.1) is 11.8 Å². The summed E-state index contributed by atoms with van der Waals surface area (Å²) in [7, 11) is 0. The maximum atomic E-state index is 5.62. The maximum Gasteiger partial charge on any atom is 0.00984 e. The molecule has 1 aliphatic carbocycles. The van der Waals surface area contributed by atoms with E-state index in [4.69, 9.17) is 5.73 Å². The van der Waals surface area contributed by atoms with Gasteiger partial charge in [-0.15, -0.1) is 0 Å². The average molecular weight is 168 g/mol. The van der Waals surface area contributed by atoms with Crippen LogP contribution in [0.5, 0.6) is 0 Å². The van der Waals surface area contributed by atoms with E-state index in [0.717, 1.165) is 24.4 Å². The maximum absolute atomic E-state index is 5.62. The van der Waals surface area contributed by atoms with Gasteiger partial charge in [-0.1, -0.05) is 12.8 Å². The first-order chi connectivity index (χ1) is 5.92. The summed E-state index contributed by atoms with van der Waals surface area (Å²) in [5.74, 6) is 1.89. The fourth-order valence-electron chi connectivity index (χ4n) is 3.05. The number of nitrogens with one attached hydrogen (secondary N) is 1. The molecule has 2 fully saturated rings. The van der Waals surface area contributed by atoms with Crippen LogP contribution in [0.3, 0.4) is 0 Å². The summed E-state index contributed by atoms with van der Waals surface area (Å²) in [5, 5.41) is 3.61. The van der Waals surface area contributed by atoms with Crippen molar-refractivity contribution in [2.45, 2.75) is 38.1 Å². The third kappa shape index (κ3) is 1.50. The fraction of sp³-hybridized carbons (Fsp3) is 1.00. The van der Waals surface area contributed by atoms with E-state index in [1.807, 2.05) is 0 Å². The predicted octanol–water partition coefficient (Wildman–Crippen LogP) is 1.11. The van der Waals surface area contributed by atoms with Gasteiger partial charge in [0, 0.05) is 6.04 Å². The van der Waals surface area contributed by atoms with Crippen molar-refractivity contribution in [2.75, 3.05) is 13.1 Å². The molecule has 0 bridgehead atoms. The molecule has 0 radical (unpaired) electrons. The van der Waals surface area contributed by atoms with Crippen molar-refractivity contribution in [3.8, 4) is 0 Å². The Kier molecular flexibility index (Phi) is 2.66. The molecule has 3 N–H and O–H groups in total. The van der Waals surface area contributed by atoms with Crippen LogP contribution >= 0.6 is 0 Å². The van der Waals surface area contributed by atoms with Gasteiger partial charge in [-0.3, -0.25) is 0 Å². The Balaban J connectivity index is 1.94. The van der Waals surface area contributed by atoms with Gasteiger partial charge in [0.05, 0.1) is 0 Å². The van der Waals surface area contributed by atoms with E-state index in [9.17, 15) is 0 Å². The van der Waals surface area contributed by atoms with Crippen molar-refractivity contribution in [3.63, 3.8) is 0 Å². The van der Waals surface area contributed by atoms with E-state index < -0.39 is 0 Å². The second-order valence-corrected chi connectivity index (χ2v) is 4.28. The normalized spacial score (nSPS) is 41.2. The molecule has 3 atom stereocenters. The van der Waals surface area contributed by atoms with Gasteiger partial charge in [0.15, 0.2) is 0 Å². The van der Waals surface area contributed by atoms with Gasteiger partial charge < -0.3 is 11.1 Å². The van der Waals surface area contributed by atoms with Crippen LogP contribution in [0.4, 0.5) is 0 Å². The highest BCUT2D eigenvalue weighted by atomic mass is 15.0. The molecule has 1 aliphatic heterocycles. The van der Waals surface area contributed by atoms with Crippen molar-refractivity contribution in [1.82, 2.24) is 5.32 Å². The first kappa shape index (κ1) is 8.52.